The van der Waals surface area contributed by atoms with E-state index in [2.05, 4.69) is 24.3 Å². The van der Waals surface area contributed by atoms with Gasteiger partial charge in [0, 0.05) is 20.9 Å². The smallest absolute Gasteiger partial charge is 0.234 e. The van der Waals surface area contributed by atoms with Gasteiger partial charge in [0.15, 0.2) is 0 Å². The molecule has 132 valence electrons. The maximum Gasteiger partial charge on any atom is 0.234 e. The fourth-order valence-electron chi connectivity index (χ4n) is 4.14. The van der Waals surface area contributed by atoms with E-state index in [1.165, 1.54) is 0 Å². The molecule has 0 spiro atoms. The summed E-state index contributed by atoms with van der Waals surface area (Å²) in [5.74, 6) is -0.774. The minimum absolute atomic E-state index is 0.387. The lowest BCUT2D eigenvalue weighted by Gasteiger charge is -2.21. The molecule has 2 aromatic heterocycles. The second-order valence-corrected chi connectivity index (χ2v) is 8.78. The molecular weight excluding hydrogens is 384 g/mol. The van der Waals surface area contributed by atoms with Crippen molar-refractivity contribution in [1.82, 2.24) is 0 Å². The van der Waals surface area contributed by atoms with Crippen LogP contribution < -0.4 is 0 Å². The Morgan fingerprint density at radius 1 is 0.536 bits per heavy atom. The van der Waals surface area contributed by atoms with Gasteiger partial charge in [0.25, 0.3) is 0 Å². The van der Waals surface area contributed by atoms with Gasteiger partial charge in [-0.05, 0) is 67.7 Å². The van der Waals surface area contributed by atoms with E-state index < -0.39 is 0 Å². The van der Waals surface area contributed by atoms with Gasteiger partial charge in [0.05, 0.1) is 0 Å². The maximum absolute atomic E-state index is 12.8. The highest BCUT2D eigenvalue weighted by atomic mass is 32.1. The van der Waals surface area contributed by atoms with E-state index in [0.29, 0.717) is 11.1 Å². The predicted octanol–water partition coefficient (Wildman–Crippen LogP) is 6.83. The van der Waals surface area contributed by atoms with E-state index in [1.54, 1.807) is 22.7 Å². The normalized spacial score (nSPS) is 13.1. The Morgan fingerprint density at radius 2 is 1.00 bits per heavy atom. The van der Waals surface area contributed by atoms with Gasteiger partial charge in [0.2, 0.25) is 11.6 Å². The molecule has 0 unspecified atom stereocenters. The number of rotatable bonds is 2. The van der Waals surface area contributed by atoms with E-state index in [9.17, 15) is 9.59 Å². The molecule has 0 saturated heterocycles. The number of hydrogen-bond acceptors (Lipinski definition) is 4. The largest absolute Gasteiger partial charge is 0.285 e. The minimum Gasteiger partial charge on any atom is -0.285 e. The molecule has 0 atom stereocenters. The average Bonchev–Trinajstić information content (AvgIpc) is 3.44. The molecule has 2 aliphatic rings. The number of hydrogen-bond donors (Lipinski definition) is 0. The van der Waals surface area contributed by atoms with Crippen molar-refractivity contribution in [3.05, 3.63) is 82.6 Å². The van der Waals surface area contributed by atoms with E-state index in [4.69, 9.17) is 0 Å². The van der Waals surface area contributed by atoms with Crippen molar-refractivity contribution in [2.45, 2.75) is 0 Å². The number of carbonyl (C=O) groups is 2. The van der Waals surface area contributed by atoms with Gasteiger partial charge in [-0.1, -0.05) is 36.4 Å². The summed E-state index contributed by atoms with van der Waals surface area (Å²) in [5, 5.41) is 7.58. The lowest BCUT2D eigenvalue weighted by atomic mass is 9.79. The first kappa shape index (κ1) is 15.9. The van der Waals surface area contributed by atoms with Gasteiger partial charge in [-0.3, -0.25) is 9.59 Å². The molecule has 0 fully saturated rings. The molecule has 5 aromatic rings. The second-order valence-electron chi connectivity index (χ2n) is 6.88. The van der Waals surface area contributed by atoms with Gasteiger partial charge in [-0.15, -0.1) is 22.7 Å². The van der Waals surface area contributed by atoms with Crippen LogP contribution in [0.5, 0.6) is 0 Å². The van der Waals surface area contributed by atoms with Gasteiger partial charge in [0.1, 0.15) is 0 Å². The van der Waals surface area contributed by atoms with Crippen LogP contribution in [0.25, 0.3) is 42.4 Å². The number of carbonyl (C=O) groups excluding carboxylic acids is 2. The average molecular weight is 396 g/mol. The SMILES string of the molecule is O=C1C(=O)c2c3ccc(-c4cccs4)cc3c1c1ccc(-c3cccs3)cc21. The first-order chi connectivity index (χ1) is 13.7. The lowest BCUT2D eigenvalue weighted by molar-refractivity contribution is 0.0818. The van der Waals surface area contributed by atoms with Gasteiger partial charge < -0.3 is 0 Å². The molecule has 2 aliphatic carbocycles. The molecule has 2 bridgehead atoms. The molecule has 0 saturated carbocycles. The minimum atomic E-state index is -0.387. The number of Topliss-reactive ketones (excluding diaryl/α,β-unsaturated/α-hetero) is 2. The predicted molar refractivity (Wildman–Crippen MR) is 117 cm³/mol. The summed E-state index contributed by atoms with van der Waals surface area (Å²) in [6.45, 7) is 0. The Labute approximate surface area is 168 Å². The molecule has 28 heavy (non-hydrogen) atoms. The number of thiophene rings is 2. The molecule has 2 heterocycles. The molecular formula is C24H12O2S2. The summed E-state index contributed by atoms with van der Waals surface area (Å²) < 4.78 is 0. The van der Waals surface area contributed by atoms with Crippen molar-refractivity contribution in [3.63, 3.8) is 0 Å². The molecule has 0 aliphatic heterocycles. The first-order valence-corrected chi connectivity index (χ1v) is 10.7. The van der Waals surface area contributed by atoms with Crippen LogP contribution >= 0.6 is 22.7 Å². The highest BCUT2D eigenvalue weighted by molar-refractivity contribution is 7.13. The quantitative estimate of drug-likeness (QED) is 0.242. The van der Waals surface area contributed by atoms with Crippen molar-refractivity contribution in [1.29, 1.82) is 0 Å². The van der Waals surface area contributed by atoms with Crippen molar-refractivity contribution in [2.75, 3.05) is 0 Å². The van der Waals surface area contributed by atoms with Crippen molar-refractivity contribution in [3.8, 4) is 20.9 Å². The fraction of sp³-hybridized carbons (Fsp3) is 0. The molecule has 2 nitrogen and oxygen atoms in total. The van der Waals surface area contributed by atoms with Crippen LogP contribution in [0.4, 0.5) is 0 Å². The fourth-order valence-corrected chi connectivity index (χ4v) is 5.58. The highest BCUT2D eigenvalue weighted by Gasteiger charge is 2.33. The summed E-state index contributed by atoms with van der Waals surface area (Å²) in [6, 6.07) is 20.3. The van der Waals surface area contributed by atoms with E-state index >= 15 is 0 Å². The Kier molecular flexibility index (Phi) is 3.25. The molecule has 7 rings (SSSR count). The van der Waals surface area contributed by atoms with E-state index in [1.807, 2.05) is 47.2 Å². The maximum atomic E-state index is 12.8. The standard InChI is InChI=1S/C24H12O2S2/c25-23-21-16-8-6-14(20-4-2-10-28-20)12-18(16)22(24(23)26)15-7-5-13(11-17(15)21)19-3-1-9-27-19/h1-12H. The van der Waals surface area contributed by atoms with Crippen LogP contribution in [0.2, 0.25) is 0 Å². The lowest BCUT2D eigenvalue weighted by Crippen LogP contribution is -2.22. The van der Waals surface area contributed by atoms with Crippen LogP contribution in [0.15, 0.2) is 71.4 Å². The third kappa shape index (κ3) is 2.07. The summed E-state index contributed by atoms with van der Waals surface area (Å²) in [6.07, 6.45) is 0. The second kappa shape index (κ2) is 5.71. The van der Waals surface area contributed by atoms with Crippen LogP contribution in [0, 0.1) is 0 Å². The summed E-state index contributed by atoms with van der Waals surface area (Å²) >= 11 is 3.33. The van der Waals surface area contributed by atoms with Crippen molar-refractivity contribution in [2.24, 2.45) is 0 Å². The molecule has 0 N–H and O–H groups in total. The molecule has 0 amide bonds. The van der Waals surface area contributed by atoms with Gasteiger partial charge >= 0.3 is 0 Å². The van der Waals surface area contributed by atoms with Crippen LogP contribution in [0.3, 0.4) is 0 Å². The number of fused-ring (bicyclic) bond motifs is 1. The van der Waals surface area contributed by atoms with Crippen LogP contribution in [0.1, 0.15) is 20.7 Å². The Hall–Kier alpha value is -3.08. The molecule has 4 heteroatoms. The number of ketones is 2. The summed E-state index contributed by atoms with van der Waals surface area (Å²) in [7, 11) is 0. The third-order valence-corrected chi connectivity index (χ3v) is 7.23. The Bertz CT molecular complexity index is 1310. The zero-order chi connectivity index (χ0) is 18.8. The highest BCUT2D eigenvalue weighted by Crippen LogP contribution is 2.42. The summed E-state index contributed by atoms with van der Waals surface area (Å²) in [4.78, 5) is 28.0. The van der Waals surface area contributed by atoms with Crippen molar-refractivity contribution >= 4 is 55.8 Å². The topological polar surface area (TPSA) is 34.1 Å². The van der Waals surface area contributed by atoms with Gasteiger partial charge in [-0.2, -0.15) is 0 Å². The van der Waals surface area contributed by atoms with Crippen molar-refractivity contribution < 1.29 is 9.59 Å². The third-order valence-electron chi connectivity index (χ3n) is 5.39. The first-order valence-electron chi connectivity index (χ1n) is 8.92. The number of benzene rings is 3. The zero-order valence-corrected chi connectivity index (χ0v) is 16.2. The Morgan fingerprint density at radius 3 is 1.39 bits per heavy atom. The summed E-state index contributed by atoms with van der Waals surface area (Å²) in [5.41, 5.74) is 3.24. The van der Waals surface area contributed by atoms with Crippen LogP contribution in [-0.4, -0.2) is 11.6 Å². The van der Waals surface area contributed by atoms with Crippen LogP contribution in [-0.2, 0) is 0 Å². The monoisotopic (exact) mass is 396 g/mol. The Balaban J connectivity index is 1.72. The van der Waals surface area contributed by atoms with E-state index in [0.717, 1.165) is 42.4 Å². The molecule has 3 aromatic carbocycles. The van der Waals surface area contributed by atoms with Gasteiger partial charge in [-0.25, -0.2) is 0 Å². The molecule has 0 radical (unpaired) electrons. The van der Waals surface area contributed by atoms with E-state index in [-0.39, 0.29) is 11.6 Å². The zero-order valence-electron chi connectivity index (χ0n) is 14.6.